The molecule has 0 amide bonds. The molecule has 3 nitrogen and oxygen atoms in total. The Morgan fingerprint density at radius 3 is 2.09 bits per heavy atom. The fraction of sp³-hybridized carbons (Fsp3) is 0.455. The van der Waals surface area contributed by atoms with Crippen LogP contribution < -0.4 is 5.32 Å². The van der Waals surface area contributed by atoms with E-state index >= 15 is 0 Å². The number of rotatable bonds is 3. The highest BCUT2D eigenvalue weighted by molar-refractivity contribution is 7.92. The molecule has 2 aromatic carbocycles. The molecule has 1 aliphatic heterocycles. The van der Waals surface area contributed by atoms with E-state index in [0.29, 0.717) is 12.1 Å². The summed E-state index contributed by atoms with van der Waals surface area (Å²) < 4.78 is 134. The SMILES string of the molecule is C[C@@H]1CC2(S(=O)(=O)c3ccc(F)cc3)c3ccc(C(F)(C(F)(F)F)C(F)(F)F)cc3CCC2N1. The molecule has 0 spiro atoms. The minimum absolute atomic E-state index is 0.0142. The monoisotopic (exact) mass is 513 g/mol. The zero-order valence-corrected chi connectivity index (χ0v) is 18.4. The number of nitrogens with one attached hydrogen (secondary N) is 1. The van der Waals surface area contributed by atoms with E-state index in [4.69, 9.17) is 0 Å². The van der Waals surface area contributed by atoms with Crippen LogP contribution in [0.1, 0.15) is 36.5 Å². The first-order valence-corrected chi connectivity index (χ1v) is 11.8. The minimum Gasteiger partial charge on any atom is -0.309 e. The molecule has 3 atom stereocenters. The lowest BCUT2D eigenvalue weighted by Gasteiger charge is -2.41. The second-order valence-electron chi connectivity index (χ2n) is 8.74. The number of sulfone groups is 1. The molecule has 0 saturated carbocycles. The molecule has 1 heterocycles. The Kier molecular flexibility index (Phi) is 5.60. The zero-order chi connectivity index (χ0) is 25.3. The maximum absolute atomic E-state index is 14.7. The van der Waals surface area contributed by atoms with Crippen molar-refractivity contribution in [3.8, 4) is 0 Å². The van der Waals surface area contributed by atoms with E-state index < -0.39 is 50.0 Å². The summed E-state index contributed by atoms with van der Waals surface area (Å²) >= 11 is 0. The van der Waals surface area contributed by atoms with E-state index in [2.05, 4.69) is 5.32 Å². The molecule has 0 bridgehead atoms. The molecule has 1 fully saturated rings. The number of hydrogen-bond donors (Lipinski definition) is 1. The van der Waals surface area contributed by atoms with Gasteiger partial charge in [0.25, 0.3) is 0 Å². The summed E-state index contributed by atoms with van der Waals surface area (Å²) in [5, 5.41) is 3.13. The number of alkyl halides is 7. The van der Waals surface area contributed by atoms with Gasteiger partial charge in [-0.05, 0) is 61.6 Å². The van der Waals surface area contributed by atoms with Crippen LogP contribution in [0.3, 0.4) is 0 Å². The third kappa shape index (κ3) is 3.35. The predicted molar refractivity (Wildman–Crippen MR) is 106 cm³/mol. The Bertz CT molecular complexity index is 1190. The number of benzene rings is 2. The summed E-state index contributed by atoms with van der Waals surface area (Å²) in [6.45, 7) is 1.70. The van der Waals surface area contributed by atoms with Crippen LogP contribution in [0.5, 0.6) is 0 Å². The number of hydrogen-bond acceptors (Lipinski definition) is 3. The molecule has 4 rings (SSSR count). The second-order valence-corrected chi connectivity index (χ2v) is 10.9. The van der Waals surface area contributed by atoms with Crippen molar-refractivity contribution in [3.63, 3.8) is 0 Å². The molecule has 186 valence electrons. The summed E-state index contributed by atoms with van der Waals surface area (Å²) in [4.78, 5) is -0.239. The highest BCUT2D eigenvalue weighted by Crippen LogP contribution is 2.56. The van der Waals surface area contributed by atoms with E-state index in [9.17, 15) is 43.5 Å². The van der Waals surface area contributed by atoms with Gasteiger partial charge in [0.15, 0.2) is 9.84 Å². The molecule has 1 aliphatic carbocycles. The van der Waals surface area contributed by atoms with Crippen molar-refractivity contribution in [1.29, 1.82) is 0 Å². The summed E-state index contributed by atoms with van der Waals surface area (Å²) in [6, 6.07) is 4.63. The van der Waals surface area contributed by atoms with Crippen LogP contribution in [0.2, 0.25) is 0 Å². The van der Waals surface area contributed by atoms with Gasteiger partial charge in [-0.25, -0.2) is 17.2 Å². The molecule has 0 radical (unpaired) electrons. The second kappa shape index (κ2) is 7.64. The van der Waals surface area contributed by atoms with E-state index in [1.54, 1.807) is 6.92 Å². The van der Waals surface area contributed by atoms with Gasteiger partial charge in [-0.15, -0.1) is 0 Å². The summed E-state index contributed by atoms with van der Waals surface area (Å²) in [5.74, 6) is -0.682. The van der Waals surface area contributed by atoms with Gasteiger partial charge in [-0.1, -0.05) is 18.2 Å². The van der Waals surface area contributed by atoms with Crippen molar-refractivity contribution in [2.75, 3.05) is 0 Å². The molecule has 2 aromatic rings. The van der Waals surface area contributed by atoms with Gasteiger partial charge in [-0.2, -0.15) is 26.3 Å². The fourth-order valence-electron chi connectivity index (χ4n) is 5.23. The van der Waals surface area contributed by atoms with Crippen LogP contribution >= 0.6 is 0 Å². The highest BCUT2D eigenvalue weighted by Gasteiger charge is 2.73. The average molecular weight is 513 g/mol. The van der Waals surface area contributed by atoms with Crippen molar-refractivity contribution < 1.29 is 43.5 Å². The molecular weight excluding hydrogens is 494 g/mol. The molecule has 0 aromatic heterocycles. The largest absolute Gasteiger partial charge is 0.435 e. The van der Waals surface area contributed by atoms with Gasteiger partial charge < -0.3 is 5.32 Å². The lowest BCUT2D eigenvalue weighted by Crippen LogP contribution is -2.51. The molecular formula is C22H19F8NO2S. The standard InChI is InChI=1S/C22H19F8NO2S/c1-12-11-19(34(32,33)16-6-4-15(23)5-7-16)17-8-3-14(10-13(17)2-9-18(19)31-12)20(24,21(25,26)27)22(28,29)30/h3-8,10,12,18,31H,2,9,11H2,1H3/t12-,18?,19?/m1/s1. The molecule has 2 unspecified atom stereocenters. The third-order valence-electron chi connectivity index (χ3n) is 6.70. The molecule has 34 heavy (non-hydrogen) atoms. The first kappa shape index (κ1) is 24.9. The first-order valence-electron chi connectivity index (χ1n) is 10.3. The highest BCUT2D eigenvalue weighted by atomic mass is 32.2. The zero-order valence-electron chi connectivity index (χ0n) is 17.6. The van der Waals surface area contributed by atoms with E-state index in [0.717, 1.165) is 30.3 Å². The van der Waals surface area contributed by atoms with Crippen LogP contribution in [0.25, 0.3) is 0 Å². The Morgan fingerprint density at radius 1 is 0.941 bits per heavy atom. The van der Waals surface area contributed by atoms with Crippen molar-refractivity contribution in [2.45, 2.75) is 65.9 Å². The minimum atomic E-state index is -6.28. The van der Waals surface area contributed by atoms with E-state index in [-0.39, 0.29) is 41.3 Å². The molecule has 1 N–H and O–H groups in total. The third-order valence-corrected chi connectivity index (χ3v) is 9.23. The van der Waals surface area contributed by atoms with Gasteiger partial charge >= 0.3 is 18.0 Å². The smallest absolute Gasteiger partial charge is 0.309 e. The first-order chi connectivity index (χ1) is 15.6. The number of halogens is 8. The normalized spacial score (nSPS) is 25.7. The Hall–Kier alpha value is -2.21. The van der Waals surface area contributed by atoms with Gasteiger partial charge in [-0.3, -0.25) is 0 Å². The summed E-state index contributed by atoms with van der Waals surface area (Å²) in [7, 11) is -4.30. The van der Waals surface area contributed by atoms with Crippen LogP contribution in [-0.2, 0) is 26.7 Å². The Morgan fingerprint density at radius 2 is 1.53 bits per heavy atom. The lowest BCUT2D eigenvalue weighted by molar-refractivity contribution is -0.348. The molecule has 1 saturated heterocycles. The summed E-state index contributed by atoms with van der Waals surface area (Å²) in [5.41, 5.74) is -7.36. The van der Waals surface area contributed by atoms with Crippen molar-refractivity contribution >= 4 is 9.84 Å². The van der Waals surface area contributed by atoms with Crippen molar-refractivity contribution in [1.82, 2.24) is 5.32 Å². The molecule has 2 aliphatic rings. The fourth-order valence-corrected chi connectivity index (χ4v) is 7.66. The van der Waals surface area contributed by atoms with Gasteiger partial charge in [0.05, 0.1) is 4.90 Å². The number of fused-ring (bicyclic) bond motifs is 3. The quantitative estimate of drug-likeness (QED) is 0.437. The van der Waals surface area contributed by atoms with E-state index in [1.807, 2.05) is 0 Å². The maximum Gasteiger partial charge on any atom is 0.435 e. The summed E-state index contributed by atoms with van der Waals surface area (Å²) in [6.07, 6.45) is -12.6. The average Bonchev–Trinajstić information content (AvgIpc) is 3.09. The van der Waals surface area contributed by atoms with Gasteiger partial charge in [0.1, 0.15) is 10.6 Å². The van der Waals surface area contributed by atoms with Crippen molar-refractivity contribution in [3.05, 3.63) is 65.0 Å². The van der Waals surface area contributed by atoms with Crippen LogP contribution in [0.4, 0.5) is 35.1 Å². The lowest BCUT2D eigenvalue weighted by atomic mass is 9.76. The van der Waals surface area contributed by atoms with Crippen LogP contribution in [0.15, 0.2) is 47.4 Å². The van der Waals surface area contributed by atoms with Crippen molar-refractivity contribution in [2.24, 2.45) is 0 Å². The predicted octanol–water partition coefficient (Wildman–Crippen LogP) is 5.48. The van der Waals surface area contributed by atoms with Crippen LogP contribution in [-0.4, -0.2) is 32.9 Å². The van der Waals surface area contributed by atoms with E-state index in [1.165, 1.54) is 0 Å². The Labute approximate surface area is 190 Å². The Balaban J connectivity index is 1.94. The topological polar surface area (TPSA) is 46.2 Å². The molecule has 12 heteroatoms. The van der Waals surface area contributed by atoms with Crippen LogP contribution in [0, 0.1) is 5.82 Å². The van der Waals surface area contributed by atoms with Gasteiger partial charge in [0.2, 0.25) is 0 Å². The number of aryl methyl sites for hydroxylation is 1. The maximum atomic E-state index is 14.7. The van der Waals surface area contributed by atoms with Gasteiger partial charge in [0, 0.05) is 17.6 Å².